The highest BCUT2D eigenvalue weighted by Crippen LogP contribution is 2.18. The van der Waals surface area contributed by atoms with Crippen molar-refractivity contribution in [3.8, 4) is 0 Å². The minimum Gasteiger partial charge on any atom is -0.289 e. The van der Waals surface area contributed by atoms with Crippen LogP contribution in [-0.2, 0) is 0 Å². The van der Waals surface area contributed by atoms with E-state index >= 15 is 0 Å². The highest BCUT2D eigenvalue weighted by molar-refractivity contribution is 6.52. The van der Waals surface area contributed by atoms with Crippen molar-refractivity contribution in [3.05, 3.63) is 47.0 Å². The fourth-order valence-electron chi connectivity index (χ4n) is 0.874. The lowest BCUT2D eigenvalue weighted by atomic mass is 10.1. The average Bonchev–Trinajstić information content (AvgIpc) is 2.19. The summed E-state index contributed by atoms with van der Waals surface area (Å²) < 4.78 is 0. The van der Waals surface area contributed by atoms with Gasteiger partial charge in [0, 0.05) is 11.6 Å². The molecule has 0 fully saturated rings. The van der Waals surface area contributed by atoms with Crippen molar-refractivity contribution in [2.45, 2.75) is 4.84 Å². The lowest BCUT2D eigenvalue weighted by Gasteiger charge is -1.98. The van der Waals surface area contributed by atoms with E-state index in [1.54, 1.807) is 24.3 Å². The molecule has 0 radical (unpaired) electrons. The Morgan fingerprint density at radius 2 is 1.79 bits per heavy atom. The van der Waals surface area contributed by atoms with E-state index in [2.05, 4.69) is 0 Å². The van der Waals surface area contributed by atoms with E-state index in [4.69, 9.17) is 34.8 Å². The van der Waals surface area contributed by atoms with Crippen LogP contribution in [-0.4, -0.2) is 10.6 Å². The number of alkyl halides is 2. The van der Waals surface area contributed by atoms with Gasteiger partial charge in [-0.1, -0.05) is 65.1 Å². The zero-order valence-corrected chi connectivity index (χ0v) is 9.35. The number of rotatable bonds is 3. The van der Waals surface area contributed by atoms with E-state index in [-0.39, 0.29) is 10.8 Å². The second-order valence-corrected chi connectivity index (χ2v) is 4.09. The van der Waals surface area contributed by atoms with Gasteiger partial charge in [-0.05, 0) is 0 Å². The monoisotopic (exact) mass is 248 g/mol. The Kier molecular flexibility index (Phi) is 4.46. The van der Waals surface area contributed by atoms with Gasteiger partial charge < -0.3 is 0 Å². The number of carbonyl (C=O) groups is 1. The molecule has 1 aromatic carbocycles. The molecular formula is C10H7Cl3O. The Balaban J connectivity index is 2.83. The summed E-state index contributed by atoms with van der Waals surface area (Å²) in [5, 5.41) is 0.127. The summed E-state index contributed by atoms with van der Waals surface area (Å²) in [5.74, 6) is -0.207. The van der Waals surface area contributed by atoms with Crippen molar-refractivity contribution in [2.24, 2.45) is 0 Å². The third kappa shape index (κ3) is 3.33. The van der Waals surface area contributed by atoms with Crippen molar-refractivity contribution in [1.29, 1.82) is 0 Å². The Hall–Kier alpha value is -0.500. The first-order chi connectivity index (χ1) is 6.61. The molecule has 1 rings (SSSR count). The lowest BCUT2D eigenvalue weighted by molar-refractivity contribution is 0.104. The summed E-state index contributed by atoms with van der Waals surface area (Å²) in [6.07, 6.45) is 1.22. The van der Waals surface area contributed by atoms with Crippen LogP contribution in [0.15, 0.2) is 41.4 Å². The Morgan fingerprint density at radius 3 is 2.29 bits per heavy atom. The first-order valence-corrected chi connectivity index (χ1v) is 5.11. The van der Waals surface area contributed by atoms with Crippen molar-refractivity contribution in [1.82, 2.24) is 0 Å². The minimum absolute atomic E-state index is 0.127. The third-order valence-electron chi connectivity index (χ3n) is 1.54. The van der Waals surface area contributed by atoms with E-state index in [9.17, 15) is 4.79 Å². The summed E-state index contributed by atoms with van der Waals surface area (Å²) in [6.45, 7) is 0. The molecule has 0 spiro atoms. The molecule has 0 aliphatic rings. The van der Waals surface area contributed by atoms with Crippen molar-refractivity contribution in [2.75, 3.05) is 0 Å². The molecule has 4 heteroatoms. The molecule has 0 atom stereocenters. The van der Waals surface area contributed by atoms with Gasteiger partial charge in [-0.15, -0.1) is 0 Å². The normalized spacial score (nSPS) is 11.9. The first-order valence-electron chi connectivity index (χ1n) is 3.86. The molecule has 0 bridgehead atoms. The van der Waals surface area contributed by atoms with Gasteiger partial charge in [-0.3, -0.25) is 4.79 Å². The maximum absolute atomic E-state index is 11.5. The summed E-state index contributed by atoms with van der Waals surface area (Å²) in [7, 11) is 0. The maximum Gasteiger partial charge on any atom is 0.187 e. The minimum atomic E-state index is -0.857. The first kappa shape index (κ1) is 11.6. The van der Waals surface area contributed by atoms with Crippen LogP contribution in [0.3, 0.4) is 0 Å². The topological polar surface area (TPSA) is 17.1 Å². The van der Waals surface area contributed by atoms with Crippen LogP contribution in [0.5, 0.6) is 0 Å². The predicted octanol–water partition coefficient (Wildman–Crippen LogP) is 3.80. The van der Waals surface area contributed by atoms with Crippen LogP contribution in [0.2, 0.25) is 0 Å². The zero-order chi connectivity index (χ0) is 10.6. The van der Waals surface area contributed by atoms with Crippen LogP contribution in [0.25, 0.3) is 0 Å². The molecule has 1 aromatic rings. The van der Waals surface area contributed by atoms with Crippen molar-refractivity contribution >= 4 is 40.6 Å². The Bertz CT molecular complexity index is 344. The molecule has 0 aliphatic carbocycles. The van der Waals surface area contributed by atoms with E-state index in [0.717, 1.165) is 0 Å². The molecule has 0 aromatic heterocycles. The van der Waals surface area contributed by atoms with Crippen LogP contribution < -0.4 is 0 Å². The number of hydrogen-bond donors (Lipinski definition) is 0. The molecule has 0 heterocycles. The van der Waals surface area contributed by atoms with Crippen LogP contribution in [0, 0.1) is 0 Å². The predicted molar refractivity (Wildman–Crippen MR) is 60.2 cm³/mol. The molecule has 0 aliphatic heterocycles. The molecule has 0 saturated carbocycles. The van der Waals surface area contributed by atoms with Gasteiger partial charge >= 0.3 is 0 Å². The molecule has 0 saturated heterocycles. The fraction of sp³-hybridized carbons (Fsp3) is 0.100. The summed E-state index contributed by atoms with van der Waals surface area (Å²) in [4.78, 5) is 10.6. The zero-order valence-electron chi connectivity index (χ0n) is 7.08. The maximum atomic E-state index is 11.5. The van der Waals surface area contributed by atoms with Crippen molar-refractivity contribution < 1.29 is 4.79 Å². The van der Waals surface area contributed by atoms with Gasteiger partial charge in [-0.25, -0.2) is 0 Å². The van der Waals surface area contributed by atoms with Gasteiger partial charge in [0.15, 0.2) is 5.78 Å². The standard InChI is InChI=1S/C10H7Cl3O/c11-8(10(12)13)6-9(14)7-4-2-1-3-5-7/h1-6,10H/b8-6+. The highest BCUT2D eigenvalue weighted by Gasteiger charge is 2.07. The molecule has 14 heavy (non-hydrogen) atoms. The molecular weight excluding hydrogens is 242 g/mol. The van der Waals surface area contributed by atoms with E-state index in [0.29, 0.717) is 5.56 Å². The van der Waals surface area contributed by atoms with E-state index in [1.807, 2.05) is 6.07 Å². The van der Waals surface area contributed by atoms with Gasteiger partial charge in [0.25, 0.3) is 0 Å². The number of hydrogen-bond acceptors (Lipinski definition) is 1. The van der Waals surface area contributed by atoms with E-state index < -0.39 is 4.84 Å². The van der Waals surface area contributed by atoms with E-state index in [1.165, 1.54) is 6.08 Å². The number of ketones is 1. The highest BCUT2D eigenvalue weighted by atomic mass is 35.5. The molecule has 0 amide bonds. The number of halogens is 3. The van der Waals surface area contributed by atoms with Crippen LogP contribution >= 0.6 is 34.8 Å². The van der Waals surface area contributed by atoms with Crippen LogP contribution in [0.4, 0.5) is 0 Å². The molecule has 1 nitrogen and oxygen atoms in total. The number of carbonyl (C=O) groups excluding carboxylic acids is 1. The van der Waals surface area contributed by atoms with Crippen molar-refractivity contribution in [3.63, 3.8) is 0 Å². The van der Waals surface area contributed by atoms with Gasteiger partial charge in [-0.2, -0.15) is 0 Å². The summed E-state index contributed by atoms with van der Waals surface area (Å²) in [5.41, 5.74) is 0.555. The number of benzene rings is 1. The smallest absolute Gasteiger partial charge is 0.187 e. The Labute approximate surface area is 97.3 Å². The quantitative estimate of drug-likeness (QED) is 0.452. The van der Waals surface area contributed by atoms with Gasteiger partial charge in [0.2, 0.25) is 0 Å². The van der Waals surface area contributed by atoms with Crippen LogP contribution in [0.1, 0.15) is 10.4 Å². The SMILES string of the molecule is O=C(/C=C(/Cl)C(Cl)Cl)c1ccccc1. The second kappa shape index (κ2) is 5.40. The summed E-state index contributed by atoms with van der Waals surface area (Å²) in [6, 6.07) is 8.76. The van der Waals surface area contributed by atoms with Gasteiger partial charge in [0.1, 0.15) is 4.84 Å². The Morgan fingerprint density at radius 1 is 1.21 bits per heavy atom. The average molecular weight is 250 g/mol. The van der Waals surface area contributed by atoms with Gasteiger partial charge in [0.05, 0.1) is 5.03 Å². The molecule has 0 N–H and O–H groups in total. The number of allylic oxidation sites excluding steroid dienone is 2. The molecule has 0 unspecified atom stereocenters. The molecule has 74 valence electrons. The lowest BCUT2D eigenvalue weighted by Crippen LogP contribution is -1.97. The fourth-order valence-corrected chi connectivity index (χ4v) is 1.10. The summed E-state index contributed by atoms with van der Waals surface area (Å²) >= 11 is 16.6. The third-order valence-corrected chi connectivity index (χ3v) is 2.56. The largest absolute Gasteiger partial charge is 0.289 e. The second-order valence-electron chi connectivity index (χ2n) is 2.56.